The van der Waals surface area contributed by atoms with Gasteiger partial charge in [-0.3, -0.25) is 9.59 Å². The fraction of sp³-hybridized carbons (Fsp3) is 0.0877. The lowest BCUT2D eigenvalue weighted by Crippen LogP contribution is -2.24. The van der Waals surface area contributed by atoms with Crippen LogP contribution in [-0.2, 0) is 20.7 Å². The van der Waals surface area contributed by atoms with Crippen LogP contribution in [0.25, 0.3) is 10.8 Å². The molecule has 0 spiro atoms. The molecule has 1 unspecified atom stereocenters. The number of ether oxygens (including phenoxy) is 4. The molecule has 0 radical (unpaired) electrons. The van der Waals surface area contributed by atoms with E-state index in [1.165, 1.54) is 62.8 Å². The van der Waals surface area contributed by atoms with Crippen molar-refractivity contribution < 1.29 is 68.1 Å². The SMILES string of the molecule is COC(=O)C(C)Oc1ccc(Oc2ccc(Cl)cc2Cl)cc1.COc1c(Cl)ccc(Cl)c1C(=O)O.Nc1cc(Cl)cc(C(=O)O)c1Cl.O=C(O)Cc1c(Cl)ccc(Cl)c1Cl.O=C(O)c1ccccc1C(=O)Nc1cccc2ccccc12. The van der Waals surface area contributed by atoms with Crippen molar-refractivity contribution >= 4 is 162 Å². The Kier molecular flexibility index (Phi) is 26.5. The van der Waals surface area contributed by atoms with Gasteiger partial charge in [-0.15, -0.1) is 0 Å². The van der Waals surface area contributed by atoms with Gasteiger partial charge in [0.15, 0.2) is 11.9 Å². The van der Waals surface area contributed by atoms with Gasteiger partial charge in [-0.25, -0.2) is 19.2 Å². The lowest BCUT2D eigenvalue weighted by Gasteiger charge is -2.13. The molecule has 0 aliphatic heterocycles. The van der Waals surface area contributed by atoms with Gasteiger partial charge in [0.2, 0.25) is 0 Å². The van der Waals surface area contributed by atoms with Crippen LogP contribution in [0.15, 0.2) is 146 Å². The van der Waals surface area contributed by atoms with Crippen LogP contribution >= 0.6 is 104 Å². The van der Waals surface area contributed by atoms with E-state index in [9.17, 15) is 33.9 Å². The van der Waals surface area contributed by atoms with Gasteiger partial charge in [0, 0.05) is 31.7 Å². The first-order valence-corrected chi connectivity index (χ1v) is 26.3. The summed E-state index contributed by atoms with van der Waals surface area (Å²) in [6, 6.07) is 39.8. The van der Waals surface area contributed by atoms with Gasteiger partial charge in [-0.1, -0.05) is 153 Å². The van der Waals surface area contributed by atoms with Gasteiger partial charge in [0.25, 0.3) is 5.91 Å². The number of carboxylic acid groups (broad SMARTS) is 4. The first-order chi connectivity index (χ1) is 38.8. The third kappa shape index (κ3) is 19.7. The lowest BCUT2D eigenvalue weighted by molar-refractivity contribution is -0.148. The van der Waals surface area contributed by atoms with Crippen molar-refractivity contribution in [2.75, 3.05) is 25.3 Å². The van der Waals surface area contributed by atoms with Crippen molar-refractivity contribution in [2.45, 2.75) is 19.4 Å². The summed E-state index contributed by atoms with van der Waals surface area (Å²) in [5.41, 5.74) is 6.49. The van der Waals surface area contributed by atoms with Crippen LogP contribution in [0.3, 0.4) is 0 Å². The third-order valence-electron chi connectivity index (χ3n) is 10.5. The van der Waals surface area contributed by atoms with Crippen LogP contribution in [0.5, 0.6) is 23.0 Å². The predicted molar refractivity (Wildman–Crippen MR) is 321 cm³/mol. The quantitative estimate of drug-likeness (QED) is 0.0356. The molecule has 0 bridgehead atoms. The minimum atomic E-state index is -1.16. The molecule has 25 heteroatoms. The summed E-state index contributed by atoms with van der Waals surface area (Å²) in [7, 11) is 2.65. The lowest BCUT2D eigenvalue weighted by atomic mass is 10.1. The number of anilines is 2. The normalized spacial score (nSPS) is 10.5. The number of methoxy groups -OCH3 is 2. The van der Waals surface area contributed by atoms with Crippen LogP contribution in [0, 0.1) is 0 Å². The second-order valence-electron chi connectivity index (χ2n) is 16.1. The summed E-state index contributed by atoms with van der Waals surface area (Å²) in [6.45, 7) is 1.61. The van der Waals surface area contributed by atoms with E-state index in [4.69, 9.17) is 140 Å². The van der Waals surface area contributed by atoms with Crippen molar-refractivity contribution in [3.8, 4) is 23.0 Å². The zero-order valence-electron chi connectivity index (χ0n) is 42.5. The average Bonchev–Trinajstić information content (AvgIpc) is 3.45. The maximum atomic E-state index is 12.4. The number of benzene rings is 8. The zero-order chi connectivity index (χ0) is 61.0. The van der Waals surface area contributed by atoms with E-state index in [1.807, 2.05) is 36.4 Å². The third-order valence-corrected chi connectivity index (χ3v) is 13.5. The van der Waals surface area contributed by atoms with Crippen molar-refractivity contribution in [1.29, 1.82) is 0 Å². The van der Waals surface area contributed by atoms with Crippen LogP contribution in [-0.4, -0.2) is 76.5 Å². The Morgan fingerprint density at radius 1 is 0.549 bits per heavy atom. The van der Waals surface area contributed by atoms with Gasteiger partial charge < -0.3 is 50.4 Å². The van der Waals surface area contributed by atoms with Crippen LogP contribution in [0.1, 0.15) is 53.9 Å². The zero-order valence-corrected chi connectivity index (χ0v) is 49.3. The maximum absolute atomic E-state index is 12.4. The molecule has 7 N–H and O–H groups in total. The fourth-order valence-corrected chi connectivity index (χ4v) is 8.67. The molecule has 8 rings (SSSR count). The monoisotopic (exact) mass is 1290 g/mol. The number of carbonyl (C=O) groups excluding carboxylic acids is 2. The first kappa shape index (κ1) is 67.2. The molecule has 1 atom stereocenters. The summed E-state index contributed by atoms with van der Waals surface area (Å²) in [4.78, 5) is 66.6. The number of carboxylic acids is 4. The first-order valence-electron chi connectivity index (χ1n) is 22.9. The summed E-state index contributed by atoms with van der Waals surface area (Å²) in [6.07, 6.45) is -0.902. The van der Waals surface area contributed by atoms with Crippen molar-refractivity contribution in [2.24, 2.45) is 0 Å². The second kappa shape index (κ2) is 32.3. The van der Waals surface area contributed by atoms with E-state index in [-0.39, 0.29) is 65.2 Å². The molecule has 0 aromatic heterocycles. The fourth-order valence-electron chi connectivity index (χ4n) is 6.66. The number of amides is 1. The minimum Gasteiger partial charge on any atom is -0.494 e. The Balaban J connectivity index is 0.000000226. The number of aliphatic carboxylic acids is 1. The largest absolute Gasteiger partial charge is 0.494 e. The number of nitrogens with one attached hydrogen (secondary N) is 1. The summed E-state index contributed by atoms with van der Waals surface area (Å²) in [5.74, 6) is -3.59. The van der Waals surface area contributed by atoms with E-state index in [2.05, 4.69) is 10.1 Å². The van der Waals surface area contributed by atoms with Crippen molar-refractivity contribution in [1.82, 2.24) is 0 Å². The molecule has 0 heterocycles. The Morgan fingerprint density at radius 2 is 1.12 bits per heavy atom. The highest BCUT2D eigenvalue weighted by Crippen LogP contribution is 2.35. The number of carbonyl (C=O) groups is 6. The molecule has 8 aromatic carbocycles. The number of aromatic carboxylic acids is 3. The average molecular weight is 1300 g/mol. The highest BCUT2D eigenvalue weighted by molar-refractivity contribution is 6.44. The van der Waals surface area contributed by atoms with Crippen molar-refractivity contribution in [3.05, 3.63) is 219 Å². The summed E-state index contributed by atoms with van der Waals surface area (Å²) in [5, 5.41) is 42.2. The molecule has 428 valence electrons. The highest BCUT2D eigenvalue weighted by Gasteiger charge is 2.20. The molecule has 0 aliphatic carbocycles. The van der Waals surface area contributed by atoms with Crippen LogP contribution in [0.4, 0.5) is 11.4 Å². The Labute approximate surface area is 513 Å². The molecular formula is C57H43Cl9N2O14. The number of hydrogen-bond acceptors (Lipinski definition) is 11. The number of esters is 1. The van der Waals surface area contributed by atoms with E-state index in [0.29, 0.717) is 48.6 Å². The van der Waals surface area contributed by atoms with Gasteiger partial charge in [0.05, 0.1) is 73.2 Å². The number of nitrogen functional groups attached to an aromatic ring is 1. The number of nitrogens with two attached hydrogens (primary N) is 1. The Hall–Kier alpha value is -7.35. The molecule has 16 nitrogen and oxygen atoms in total. The number of halogens is 9. The summed E-state index contributed by atoms with van der Waals surface area (Å²) >= 11 is 51.6. The highest BCUT2D eigenvalue weighted by atomic mass is 35.5. The van der Waals surface area contributed by atoms with E-state index < -0.39 is 41.9 Å². The second-order valence-corrected chi connectivity index (χ2v) is 19.7. The number of fused-ring (bicyclic) bond motifs is 1. The van der Waals surface area contributed by atoms with E-state index >= 15 is 0 Å². The molecule has 0 saturated heterocycles. The number of rotatable bonds is 13. The topological polar surface area (TPSA) is 258 Å². The van der Waals surface area contributed by atoms with Gasteiger partial charge in [-0.05, 0) is 109 Å². The van der Waals surface area contributed by atoms with Crippen LogP contribution < -0.4 is 25.3 Å². The number of hydrogen-bond donors (Lipinski definition) is 6. The smallest absolute Gasteiger partial charge is 0.346 e. The molecule has 1 amide bonds. The molecule has 8 aromatic rings. The molecule has 0 fully saturated rings. The molecule has 0 saturated carbocycles. The van der Waals surface area contributed by atoms with Gasteiger partial charge in [-0.2, -0.15) is 0 Å². The Bertz CT molecular complexity index is 3620. The minimum absolute atomic E-state index is 0.0137. The van der Waals surface area contributed by atoms with E-state index in [1.54, 1.807) is 67.6 Å². The van der Waals surface area contributed by atoms with Gasteiger partial charge >= 0.3 is 29.8 Å². The standard InChI is InChI=1S/C18H13NO3.C16H14Cl2O4.C8H5Cl3O2.C8H6Cl2O3.C7H5Cl2NO2/c20-17(14-9-3-4-10-15(14)18(21)22)19-16-11-5-7-12-6-1-2-8-13(12)16;1-10(16(19)20-2)21-12-4-6-13(7-5-12)22-15-8-3-11(17)9-14(15)18;9-5-1-2-6(10)8(11)4(5)3-7(12)13;1-13-7-5(10)3-2-4(9)6(7)8(11)12;8-3-1-4(7(11)12)6(9)5(10)2-3/h1-11H,(H,19,20)(H,21,22);3-10H,1-2H3;1-2H,3H2,(H,12,13);2-3H,1H3,(H,11,12);1-2H,10H2,(H,11,12). The van der Waals surface area contributed by atoms with E-state index in [0.717, 1.165) is 10.8 Å². The Morgan fingerprint density at radius 3 is 1.71 bits per heavy atom. The summed E-state index contributed by atoms with van der Waals surface area (Å²) < 4.78 is 20.5. The molecule has 82 heavy (non-hydrogen) atoms. The van der Waals surface area contributed by atoms with Crippen molar-refractivity contribution in [3.63, 3.8) is 0 Å². The molecular weight excluding hydrogens is 1260 g/mol. The molecule has 0 aliphatic rings. The van der Waals surface area contributed by atoms with Crippen LogP contribution in [0.2, 0.25) is 45.2 Å². The van der Waals surface area contributed by atoms with Gasteiger partial charge in [0.1, 0.15) is 22.8 Å². The predicted octanol–water partition coefficient (Wildman–Crippen LogP) is 16.8. The maximum Gasteiger partial charge on any atom is 0.346 e.